The molecule has 0 aromatic heterocycles. The van der Waals surface area contributed by atoms with E-state index < -0.39 is 0 Å². The van der Waals surface area contributed by atoms with E-state index in [4.69, 9.17) is 11.1 Å². The van der Waals surface area contributed by atoms with Gasteiger partial charge in [0.2, 0.25) is 0 Å². The van der Waals surface area contributed by atoms with Crippen molar-refractivity contribution < 1.29 is 0 Å². The summed E-state index contributed by atoms with van der Waals surface area (Å²) >= 11 is 3.49. The lowest BCUT2D eigenvalue weighted by molar-refractivity contribution is 0.196. The second-order valence-corrected chi connectivity index (χ2v) is 5.58. The van der Waals surface area contributed by atoms with Crippen LogP contribution in [0, 0.1) is 11.3 Å². The molecule has 17 heavy (non-hydrogen) atoms. The topological polar surface area (TPSA) is 53.1 Å². The minimum absolute atomic E-state index is 0.246. The van der Waals surface area contributed by atoms with Crippen LogP contribution in [0.4, 0.5) is 0 Å². The number of piperidine rings is 1. The maximum absolute atomic E-state index is 7.54. The molecule has 3 nitrogen and oxygen atoms in total. The van der Waals surface area contributed by atoms with Crippen molar-refractivity contribution in [2.75, 3.05) is 13.1 Å². The Morgan fingerprint density at radius 3 is 3.06 bits per heavy atom. The van der Waals surface area contributed by atoms with E-state index in [0.717, 1.165) is 36.9 Å². The third-order valence-corrected chi connectivity index (χ3v) is 3.73. The van der Waals surface area contributed by atoms with Crippen molar-refractivity contribution in [3.8, 4) is 0 Å². The van der Waals surface area contributed by atoms with E-state index in [2.05, 4.69) is 39.0 Å². The summed E-state index contributed by atoms with van der Waals surface area (Å²) in [6.07, 6.45) is 2.20. The fourth-order valence-corrected chi connectivity index (χ4v) is 2.79. The van der Waals surface area contributed by atoms with Gasteiger partial charge in [-0.25, -0.2) is 0 Å². The molecule has 1 heterocycles. The highest BCUT2D eigenvalue weighted by molar-refractivity contribution is 9.10. The summed E-state index contributed by atoms with van der Waals surface area (Å²) < 4.78 is 1.12. The molecule has 1 unspecified atom stereocenters. The van der Waals surface area contributed by atoms with Crippen LogP contribution in [0.3, 0.4) is 0 Å². The molecular formula is C13H18BrN3. The van der Waals surface area contributed by atoms with Crippen molar-refractivity contribution >= 4 is 21.8 Å². The van der Waals surface area contributed by atoms with Crippen molar-refractivity contribution in [3.63, 3.8) is 0 Å². The summed E-state index contributed by atoms with van der Waals surface area (Å²) in [5.41, 5.74) is 6.90. The van der Waals surface area contributed by atoms with Crippen molar-refractivity contribution in [2.24, 2.45) is 11.7 Å². The fraction of sp³-hybridized carbons (Fsp3) is 0.462. The molecule has 92 valence electrons. The highest BCUT2D eigenvalue weighted by atomic mass is 79.9. The van der Waals surface area contributed by atoms with Crippen LogP contribution in [-0.4, -0.2) is 23.8 Å². The summed E-state index contributed by atoms with van der Waals surface area (Å²) in [6, 6.07) is 8.39. The lowest BCUT2D eigenvalue weighted by Crippen LogP contribution is -2.40. The number of benzene rings is 1. The van der Waals surface area contributed by atoms with Crippen LogP contribution >= 0.6 is 15.9 Å². The number of nitrogens with zero attached hydrogens (tertiary/aromatic N) is 1. The van der Waals surface area contributed by atoms with Gasteiger partial charge in [0.05, 0.1) is 5.84 Å². The average molecular weight is 296 g/mol. The SMILES string of the molecule is N=C(N)C1CCCN(Cc2cccc(Br)c2)C1. The second-order valence-electron chi connectivity index (χ2n) is 4.66. The largest absolute Gasteiger partial charge is 0.387 e. The molecule has 0 amide bonds. The molecule has 4 heteroatoms. The van der Waals surface area contributed by atoms with Crippen molar-refractivity contribution in [3.05, 3.63) is 34.3 Å². The molecule has 1 fully saturated rings. The van der Waals surface area contributed by atoms with Crippen LogP contribution in [0.25, 0.3) is 0 Å². The van der Waals surface area contributed by atoms with E-state index in [-0.39, 0.29) is 5.92 Å². The third kappa shape index (κ3) is 3.54. The fourth-order valence-electron chi connectivity index (χ4n) is 2.35. The van der Waals surface area contributed by atoms with Crippen LogP contribution in [0.1, 0.15) is 18.4 Å². The van der Waals surface area contributed by atoms with Gasteiger partial charge in [-0.15, -0.1) is 0 Å². The number of rotatable bonds is 3. The maximum Gasteiger partial charge on any atom is 0.0949 e. The molecule has 1 aliphatic rings. The van der Waals surface area contributed by atoms with Crippen LogP contribution < -0.4 is 5.73 Å². The smallest absolute Gasteiger partial charge is 0.0949 e. The summed E-state index contributed by atoms with van der Waals surface area (Å²) in [5, 5.41) is 7.54. The number of nitrogens with one attached hydrogen (secondary N) is 1. The number of hydrogen-bond acceptors (Lipinski definition) is 2. The van der Waals surface area contributed by atoms with E-state index in [9.17, 15) is 0 Å². The monoisotopic (exact) mass is 295 g/mol. The third-order valence-electron chi connectivity index (χ3n) is 3.24. The lowest BCUT2D eigenvalue weighted by atomic mass is 9.97. The molecule has 1 saturated heterocycles. The van der Waals surface area contributed by atoms with Gasteiger partial charge in [-0.3, -0.25) is 10.3 Å². The van der Waals surface area contributed by atoms with Gasteiger partial charge < -0.3 is 5.73 Å². The van der Waals surface area contributed by atoms with Gasteiger partial charge in [-0.2, -0.15) is 0 Å². The molecule has 1 aliphatic heterocycles. The molecule has 0 bridgehead atoms. The Bertz CT molecular complexity index is 405. The Labute approximate surface area is 111 Å². The first-order chi connectivity index (χ1) is 8.15. The molecule has 1 atom stereocenters. The summed E-state index contributed by atoms with van der Waals surface area (Å²) in [6.45, 7) is 2.97. The van der Waals surface area contributed by atoms with E-state index in [0.29, 0.717) is 5.84 Å². The van der Waals surface area contributed by atoms with Gasteiger partial charge in [-0.05, 0) is 37.1 Å². The Kier molecular flexibility index (Phi) is 4.18. The predicted octanol–water partition coefficient (Wildman–Crippen LogP) is 2.60. The number of amidine groups is 1. The molecule has 0 aliphatic carbocycles. The minimum atomic E-state index is 0.246. The van der Waals surface area contributed by atoms with Crippen molar-refractivity contribution in [1.29, 1.82) is 5.41 Å². The van der Waals surface area contributed by atoms with E-state index >= 15 is 0 Å². The molecular weight excluding hydrogens is 278 g/mol. The molecule has 2 rings (SSSR count). The Hall–Kier alpha value is -0.870. The lowest BCUT2D eigenvalue weighted by Gasteiger charge is -2.32. The standard InChI is InChI=1S/C13H18BrN3/c14-12-5-1-3-10(7-12)8-17-6-2-4-11(9-17)13(15)16/h1,3,5,7,11H,2,4,6,8-9H2,(H3,15,16). The Morgan fingerprint density at radius 1 is 1.53 bits per heavy atom. The number of nitrogens with two attached hydrogens (primary N) is 1. The van der Waals surface area contributed by atoms with Crippen LogP contribution in [0.15, 0.2) is 28.7 Å². The van der Waals surface area contributed by atoms with Gasteiger partial charge in [0.1, 0.15) is 0 Å². The molecule has 0 radical (unpaired) electrons. The van der Waals surface area contributed by atoms with Crippen molar-refractivity contribution in [2.45, 2.75) is 19.4 Å². The van der Waals surface area contributed by atoms with Gasteiger partial charge in [0.25, 0.3) is 0 Å². The zero-order chi connectivity index (χ0) is 12.3. The van der Waals surface area contributed by atoms with Gasteiger partial charge in [-0.1, -0.05) is 28.1 Å². The zero-order valence-corrected chi connectivity index (χ0v) is 11.4. The summed E-state index contributed by atoms with van der Waals surface area (Å²) in [7, 11) is 0. The zero-order valence-electron chi connectivity index (χ0n) is 9.82. The molecule has 3 N–H and O–H groups in total. The Morgan fingerprint density at radius 2 is 2.35 bits per heavy atom. The number of halogens is 1. The number of likely N-dealkylation sites (tertiary alicyclic amines) is 1. The average Bonchev–Trinajstić information content (AvgIpc) is 2.29. The summed E-state index contributed by atoms with van der Waals surface area (Å²) in [4.78, 5) is 2.39. The molecule has 0 saturated carbocycles. The quantitative estimate of drug-likeness (QED) is 0.665. The Balaban J connectivity index is 1.97. The normalized spacial score (nSPS) is 21.4. The van der Waals surface area contributed by atoms with Crippen molar-refractivity contribution in [1.82, 2.24) is 4.90 Å². The minimum Gasteiger partial charge on any atom is -0.387 e. The van der Waals surface area contributed by atoms with E-state index in [1.807, 2.05) is 6.07 Å². The predicted molar refractivity (Wildman–Crippen MR) is 74.1 cm³/mol. The number of hydrogen-bond donors (Lipinski definition) is 2. The van der Waals surface area contributed by atoms with E-state index in [1.54, 1.807) is 0 Å². The van der Waals surface area contributed by atoms with Crippen LogP contribution in [0.5, 0.6) is 0 Å². The van der Waals surface area contributed by atoms with Crippen LogP contribution in [-0.2, 0) is 6.54 Å². The summed E-state index contributed by atoms with van der Waals surface area (Å²) in [5.74, 6) is 0.583. The molecule has 0 spiro atoms. The second kappa shape index (κ2) is 5.65. The highest BCUT2D eigenvalue weighted by Gasteiger charge is 2.21. The van der Waals surface area contributed by atoms with Gasteiger partial charge >= 0.3 is 0 Å². The van der Waals surface area contributed by atoms with Crippen LogP contribution in [0.2, 0.25) is 0 Å². The first-order valence-electron chi connectivity index (χ1n) is 5.96. The molecule has 1 aromatic carbocycles. The van der Waals surface area contributed by atoms with E-state index in [1.165, 1.54) is 5.56 Å². The van der Waals surface area contributed by atoms with Gasteiger partial charge in [0, 0.05) is 23.5 Å². The molecule has 1 aromatic rings. The first-order valence-corrected chi connectivity index (χ1v) is 6.75. The maximum atomic E-state index is 7.54. The first kappa shape index (κ1) is 12.6. The highest BCUT2D eigenvalue weighted by Crippen LogP contribution is 2.19. The van der Waals surface area contributed by atoms with Gasteiger partial charge in [0.15, 0.2) is 0 Å².